The quantitative estimate of drug-likeness (QED) is 0.288. The fourth-order valence-corrected chi connectivity index (χ4v) is 4.74. The first kappa shape index (κ1) is 26.4. The second kappa shape index (κ2) is 10.0. The van der Waals surface area contributed by atoms with Crippen LogP contribution in [0.5, 0.6) is 0 Å². The Labute approximate surface area is 215 Å². The molecule has 0 aliphatic rings. The third-order valence-electron chi connectivity index (χ3n) is 6.31. The Morgan fingerprint density at radius 1 is 1.24 bits per heavy atom. The van der Waals surface area contributed by atoms with Crippen molar-refractivity contribution in [3.63, 3.8) is 0 Å². The van der Waals surface area contributed by atoms with Crippen LogP contribution in [0.4, 0.5) is 10.2 Å². The lowest BCUT2D eigenvalue weighted by Gasteiger charge is -2.37. The van der Waals surface area contributed by atoms with Crippen LogP contribution in [-0.4, -0.2) is 39.2 Å². The Morgan fingerprint density at radius 3 is 2.70 bits per heavy atom. The van der Waals surface area contributed by atoms with E-state index in [9.17, 15) is 9.18 Å². The molecule has 1 N–H and O–H groups in total. The summed E-state index contributed by atoms with van der Waals surface area (Å²) in [4.78, 5) is 22.8. The Kier molecular flexibility index (Phi) is 7.15. The van der Waals surface area contributed by atoms with Gasteiger partial charge in [0.2, 0.25) is 5.89 Å². The molecule has 196 valence electrons. The second-order valence-electron chi connectivity index (χ2n) is 10.3. The van der Waals surface area contributed by atoms with E-state index < -0.39 is 20.0 Å². The van der Waals surface area contributed by atoms with Crippen molar-refractivity contribution >= 4 is 20.0 Å². The van der Waals surface area contributed by atoms with E-state index in [0.29, 0.717) is 17.2 Å². The maximum Gasteiger partial charge on any atom is 0.279 e. The van der Waals surface area contributed by atoms with E-state index in [1.54, 1.807) is 19.2 Å². The number of oxazole rings is 2. The molecule has 0 saturated heterocycles. The van der Waals surface area contributed by atoms with Gasteiger partial charge in [-0.25, -0.2) is 14.4 Å². The Bertz CT molecular complexity index is 1400. The first-order chi connectivity index (χ1) is 17.3. The van der Waals surface area contributed by atoms with Crippen molar-refractivity contribution < 1.29 is 22.4 Å². The fourth-order valence-electron chi connectivity index (χ4n) is 3.40. The topological polar surface area (TPSA) is 121 Å². The summed E-state index contributed by atoms with van der Waals surface area (Å²) in [6.45, 7) is 14.7. The van der Waals surface area contributed by atoms with Crippen molar-refractivity contribution in [2.24, 2.45) is 0 Å². The minimum absolute atomic E-state index is 0.0215. The number of amides is 1. The first-order valence-electron chi connectivity index (χ1n) is 11.9. The number of carbonyl (C=O) groups is 1. The molecule has 0 saturated carbocycles. The van der Waals surface area contributed by atoms with Gasteiger partial charge in [-0.05, 0) is 37.2 Å². The molecule has 0 radical (unpaired) electrons. The lowest BCUT2D eigenvalue weighted by Crippen LogP contribution is -2.41. The molecule has 1 amide bonds. The van der Waals surface area contributed by atoms with Gasteiger partial charge in [0.15, 0.2) is 31.5 Å². The summed E-state index contributed by atoms with van der Waals surface area (Å²) in [6.07, 6.45) is 2.74. The zero-order valence-electron chi connectivity index (χ0n) is 22.0. The van der Waals surface area contributed by atoms with Crippen LogP contribution >= 0.6 is 0 Å². The number of halogens is 1. The van der Waals surface area contributed by atoms with Crippen molar-refractivity contribution in [2.75, 3.05) is 5.32 Å². The number of carbonyl (C=O) groups excluding carboxylic acids is 1. The third kappa shape index (κ3) is 6.02. The molecule has 12 heteroatoms. The standard InChI is InChI=1S/C25H31FN6O4Si/c1-15(36-37(6,7)25(3,4)5)24-27-12-19(35-24)14-32-28-13-20(31-32)30-23(33)21-22(34-16(2)29-21)17-9-8-10-18(26)11-17/h8-13,15H,14H2,1-7H3,(H,30,31,33). The molecule has 3 heterocycles. The molecule has 1 atom stereocenters. The molecule has 0 spiro atoms. The van der Waals surface area contributed by atoms with E-state index in [1.807, 2.05) is 6.92 Å². The summed E-state index contributed by atoms with van der Waals surface area (Å²) in [5.41, 5.74) is 0.426. The number of benzene rings is 1. The Hall–Kier alpha value is -3.64. The third-order valence-corrected chi connectivity index (χ3v) is 10.9. The summed E-state index contributed by atoms with van der Waals surface area (Å²) < 4.78 is 31.5. The SMILES string of the molecule is Cc1nc(C(=O)Nc2cnn(Cc3cnc(C(C)O[Si](C)(C)C(C)(C)C)o3)n2)c(-c2cccc(F)c2)o1. The summed E-state index contributed by atoms with van der Waals surface area (Å²) >= 11 is 0. The van der Waals surface area contributed by atoms with E-state index in [0.717, 1.165) is 0 Å². The number of aryl methyl sites for hydroxylation is 1. The molecular formula is C25H31FN6O4Si. The normalized spacial score (nSPS) is 13.1. The van der Waals surface area contributed by atoms with Gasteiger partial charge in [-0.2, -0.15) is 9.90 Å². The summed E-state index contributed by atoms with van der Waals surface area (Å²) in [7, 11) is -1.98. The maximum atomic E-state index is 13.7. The van der Waals surface area contributed by atoms with Gasteiger partial charge in [0.1, 0.15) is 24.2 Å². The Morgan fingerprint density at radius 2 is 2.00 bits per heavy atom. The van der Waals surface area contributed by atoms with Crippen molar-refractivity contribution in [1.82, 2.24) is 25.0 Å². The average Bonchev–Trinajstić information content (AvgIpc) is 3.53. The molecule has 3 aromatic heterocycles. The minimum Gasteiger partial charge on any atom is -0.441 e. The van der Waals surface area contributed by atoms with Crippen molar-refractivity contribution in [2.45, 2.75) is 65.4 Å². The predicted molar refractivity (Wildman–Crippen MR) is 137 cm³/mol. The predicted octanol–water partition coefficient (Wildman–Crippen LogP) is 5.75. The van der Waals surface area contributed by atoms with Crippen molar-refractivity contribution in [3.8, 4) is 11.3 Å². The molecule has 37 heavy (non-hydrogen) atoms. The molecule has 1 aromatic carbocycles. The highest BCUT2D eigenvalue weighted by molar-refractivity contribution is 6.74. The highest BCUT2D eigenvalue weighted by Gasteiger charge is 2.39. The zero-order valence-corrected chi connectivity index (χ0v) is 23.0. The lowest BCUT2D eigenvalue weighted by atomic mass is 10.1. The van der Waals surface area contributed by atoms with Crippen LogP contribution < -0.4 is 5.32 Å². The smallest absolute Gasteiger partial charge is 0.279 e. The number of nitrogens with zero attached hydrogens (tertiary/aromatic N) is 5. The van der Waals surface area contributed by atoms with Gasteiger partial charge in [0, 0.05) is 12.5 Å². The highest BCUT2D eigenvalue weighted by Crippen LogP contribution is 2.39. The molecule has 4 rings (SSSR count). The van der Waals surface area contributed by atoms with Crippen molar-refractivity contribution in [3.05, 3.63) is 65.7 Å². The van der Waals surface area contributed by atoms with E-state index in [1.165, 1.54) is 29.2 Å². The molecule has 4 aromatic rings. The van der Waals surface area contributed by atoms with Crippen LogP contribution in [0.25, 0.3) is 11.3 Å². The monoisotopic (exact) mass is 526 g/mol. The van der Waals surface area contributed by atoms with Gasteiger partial charge in [-0.15, -0.1) is 5.10 Å². The van der Waals surface area contributed by atoms with Crippen LogP contribution in [0, 0.1) is 12.7 Å². The zero-order chi connectivity index (χ0) is 27.0. The Balaban J connectivity index is 1.42. The summed E-state index contributed by atoms with van der Waals surface area (Å²) in [5, 5.41) is 11.2. The van der Waals surface area contributed by atoms with Gasteiger partial charge in [0.05, 0.1) is 12.4 Å². The summed E-state index contributed by atoms with van der Waals surface area (Å²) in [5.74, 6) is 0.705. The second-order valence-corrected chi connectivity index (χ2v) is 15.1. The fraction of sp³-hybridized carbons (Fsp3) is 0.400. The van der Waals surface area contributed by atoms with E-state index in [-0.39, 0.29) is 40.8 Å². The van der Waals surface area contributed by atoms with Crippen molar-refractivity contribution in [1.29, 1.82) is 0 Å². The molecule has 1 unspecified atom stereocenters. The largest absolute Gasteiger partial charge is 0.441 e. The van der Waals surface area contributed by atoms with Gasteiger partial charge in [-0.1, -0.05) is 32.9 Å². The highest BCUT2D eigenvalue weighted by atomic mass is 28.4. The van der Waals surface area contributed by atoms with Crippen LogP contribution in [0.1, 0.15) is 61.8 Å². The molecule has 0 aliphatic carbocycles. The summed E-state index contributed by atoms with van der Waals surface area (Å²) in [6, 6.07) is 5.76. The average molecular weight is 527 g/mol. The van der Waals surface area contributed by atoms with Crippen LogP contribution in [0.3, 0.4) is 0 Å². The number of hydrogen-bond donors (Lipinski definition) is 1. The number of anilines is 1. The van der Waals surface area contributed by atoms with E-state index >= 15 is 0 Å². The molecule has 0 fully saturated rings. The number of rotatable bonds is 8. The first-order valence-corrected chi connectivity index (χ1v) is 14.8. The van der Waals surface area contributed by atoms with Gasteiger partial charge < -0.3 is 18.6 Å². The van der Waals surface area contributed by atoms with Crippen LogP contribution in [0.2, 0.25) is 18.1 Å². The maximum absolute atomic E-state index is 13.7. The molecule has 0 bridgehead atoms. The van der Waals surface area contributed by atoms with E-state index in [2.05, 4.69) is 59.3 Å². The molecular weight excluding hydrogens is 495 g/mol. The van der Waals surface area contributed by atoms with Gasteiger partial charge >= 0.3 is 0 Å². The van der Waals surface area contributed by atoms with Gasteiger partial charge in [-0.3, -0.25) is 4.79 Å². The van der Waals surface area contributed by atoms with E-state index in [4.69, 9.17) is 13.3 Å². The van der Waals surface area contributed by atoms with Crippen LogP contribution in [0.15, 0.2) is 45.5 Å². The molecule has 10 nitrogen and oxygen atoms in total. The number of hydrogen-bond acceptors (Lipinski definition) is 8. The number of nitrogens with one attached hydrogen (secondary N) is 1. The minimum atomic E-state index is -1.98. The number of aromatic nitrogens is 5. The lowest BCUT2D eigenvalue weighted by molar-refractivity contribution is 0.102. The van der Waals surface area contributed by atoms with Crippen LogP contribution in [-0.2, 0) is 11.0 Å². The molecule has 0 aliphatic heterocycles. The van der Waals surface area contributed by atoms with Gasteiger partial charge in [0.25, 0.3) is 5.91 Å².